The number of carbonyl (C=O) groups excluding carboxylic acids is 2. The van der Waals surface area contributed by atoms with Crippen LogP contribution < -0.4 is 14.2 Å². The molecule has 0 spiro atoms. The number of likely N-dealkylation sites (tertiary alicyclic amines) is 1. The van der Waals surface area contributed by atoms with Gasteiger partial charge in [0.05, 0.1) is 30.9 Å². The molecule has 0 aliphatic carbocycles. The van der Waals surface area contributed by atoms with Gasteiger partial charge in [0.15, 0.2) is 17.3 Å². The summed E-state index contributed by atoms with van der Waals surface area (Å²) in [6.45, 7) is 4.01. The van der Waals surface area contributed by atoms with Crippen LogP contribution in [-0.2, 0) is 16.0 Å². The smallest absolute Gasteiger partial charge is 0.309 e. The highest BCUT2D eigenvalue weighted by Gasteiger charge is 2.38. The van der Waals surface area contributed by atoms with Crippen LogP contribution in [0.15, 0.2) is 30.3 Å². The number of hydrogen-bond acceptors (Lipinski definition) is 10. The number of fused-ring (bicyclic) bond motifs is 2. The average molecular weight is 549 g/mol. The highest BCUT2D eigenvalue weighted by molar-refractivity contribution is 5.98. The van der Waals surface area contributed by atoms with Gasteiger partial charge in [-0.05, 0) is 67.4 Å². The van der Waals surface area contributed by atoms with Crippen LogP contribution in [-0.4, -0.2) is 89.1 Å². The highest BCUT2D eigenvalue weighted by atomic mass is 16.7. The van der Waals surface area contributed by atoms with Crippen LogP contribution in [0.4, 0.5) is 0 Å². The number of benzene rings is 2. The first kappa shape index (κ1) is 26.1. The number of para-hydroxylation sites is 1. The second-order valence-electron chi connectivity index (χ2n) is 10.1. The van der Waals surface area contributed by atoms with Gasteiger partial charge in [-0.2, -0.15) is 4.68 Å². The molecule has 6 rings (SSSR count). The molecule has 1 saturated heterocycles. The van der Waals surface area contributed by atoms with Crippen LogP contribution in [0.3, 0.4) is 0 Å². The summed E-state index contributed by atoms with van der Waals surface area (Å²) < 4.78 is 24.1. The van der Waals surface area contributed by atoms with Crippen molar-refractivity contribution >= 4 is 11.9 Å². The molecule has 12 nitrogen and oxygen atoms in total. The van der Waals surface area contributed by atoms with E-state index in [9.17, 15) is 9.59 Å². The summed E-state index contributed by atoms with van der Waals surface area (Å²) >= 11 is 0. The Hall–Kier alpha value is -4.19. The van der Waals surface area contributed by atoms with Crippen LogP contribution in [0, 0.1) is 5.92 Å². The third-order valence-electron chi connectivity index (χ3n) is 7.90. The SMILES string of the molecule is CCOC(=O)C1CCN(C(=O)c2ccccc2-n2nnnc2C2c3c(cc4c(c3OC)OCO4)CCN2C)CC1. The number of nitrogens with zero attached hydrogens (tertiary/aromatic N) is 6. The van der Waals surface area contributed by atoms with E-state index in [-0.39, 0.29) is 30.6 Å². The number of tetrazole rings is 1. The molecule has 1 atom stereocenters. The third kappa shape index (κ3) is 4.41. The number of esters is 1. The molecule has 4 heterocycles. The van der Waals surface area contributed by atoms with E-state index in [2.05, 4.69) is 20.4 Å². The first-order valence-corrected chi connectivity index (χ1v) is 13.5. The largest absolute Gasteiger partial charge is 0.492 e. The Morgan fingerprint density at radius 1 is 1.12 bits per heavy atom. The summed E-state index contributed by atoms with van der Waals surface area (Å²) in [4.78, 5) is 29.9. The van der Waals surface area contributed by atoms with E-state index < -0.39 is 0 Å². The van der Waals surface area contributed by atoms with Gasteiger partial charge in [0.2, 0.25) is 12.5 Å². The molecule has 40 heavy (non-hydrogen) atoms. The number of amides is 1. The minimum absolute atomic E-state index is 0.127. The van der Waals surface area contributed by atoms with Gasteiger partial charge < -0.3 is 23.8 Å². The first-order chi connectivity index (χ1) is 19.5. The average Bonchev–Trinajstić information content (AvgIpc) is 3.66. The Labute approximate surface area is 231 Å². The molecule has 1 aromatic heterocycles. The first-order valence-electron chi connectivity index (χ1n) is 13.5. The normalized spacial score (nSPS) is 18.9. The van der Waals surface area contributed by atoms with Crippen molar-refractivity contribution in [1.82, 2.24) is 30.0 Å². The lowest BCUT2D eigenvalue weighted by molar-refractivity contribution is -0.149. The number of piperidine rings is 1. The van der Waals surface area contributed by atoms with Gasteiger partial charge in [0, 0.05) is 25.2 Å². The van der Waals surface area contributed by atoms with Crippen LogP contribution in [0.2, 0.25) is 0 Å². The molecule has 3 aliphatic rings. The maximum atomic E-state index is 13.8. The topological polar surface area (TPSA) is 121 Å². The van der Waals surface area contributed by atoms with Crippen molar-refractivity contribution in [2.75, 3.05) is 47.2 Å². The molecule has 1 unspecified atom stereocenters. The molecule has 2 aromatic carbocycles. The van der Waals surface area contributed by atoms with E-state index in [1.165, 1.54) is 0 Å². The van der Waals surface area contributed by atoms with Crippen LogP contribution in [0.25, 0.3) is 5.69 Å². The van der Waals surface area contributed by atoms with Crippen LogP contribution in [0.1, 0.15) is 53.1 Å². The fourth-order valence-corrected chi connectivity index (χ4v) is 5.88. The lowest BCUT2D eigenvalue weighted by atomic mass is 9.90. The number of methoxy groups -OCH3 is 1. The zero-order valence-corrected chi connectivity index (χ0v) is 22.8. The van der Waals surface area contributed by atoms with Crippen molar-refractivity contribution in [2.45, 2.75) is 32.2 Å². The molecular formula is C28H32N6O6. The summed E-state index contributed by atoms with van der Waals surface area (Å²) in [7, 11) is 3.63. The lowest BCUT2D eigenvalue weighted by Crippen LogP contribution is -2.41. The summed E-state index contributed by atoms with van der Waals surface area (Å²) in [6, 6.07) is 8.98. The minimum atomic E-state index is -0.355. The highest BCUT2D eigenvalue weighted by Crippen LogP contribution is 2.50. The molecule has 1 fully saturated rings. The summed E-state index contributed by atoms with van der Waals surface area (Å²) in [5.74, 6) is 1.90. The molecule has 3 aromatic rings. The van der Waals surface area contributed by atoms with Gasteiger partial charge in [-0.1, -0.05) is 12.1 Å². The fraction of sp³-hybridized carbons (Fsp3) is 0.464. The number of carbonyl (C=O) groups is 2. The third-order valence-corrected chi connectivity index (χ3v) is 7.90. The van der Waals surface area contributed by atoms with E-state index in [1.54, 1.807) is 29.7 Å². The van der Waals surface area contributed by atoms with Gasteiger partial charge in [-0.3, -0.25) is 14.5 Å². The van der Waals surface area contributed by atoms with Gasteiger partial charge in [0.25, 0.3) is 5.91 Å². The van der Waals surface area contributed by atoms with Crippen LogP contribution in [0.5, 0.6) is 17.2 Å². The van der Waals surface area contributed by atoms with Gasteiger partial charge in [-0.25, -0.2) is 0 Å². The second-order valence-corrected chi connectivity index (χ2v) is 10.1. The zero-order chi connectivity index (χ0) is 27.8. The molecule has 210 valence electrons. The van der Waals surface area contributed by atoms with Crippen LogP contribution >= 0.6 is 0 Å². The van der Waals surface area contributed by atoms with Gasteiger partial charge in [-0.15, -0.1) is 5.10 Å². The van der Waals surface area contributed by atoms with Gasteiger partial charge in [0.1, 0.15) is 6.04 Å². The molecule has 0 radical (unpaired) electrons. The standard InChI is InChI=1S/C28H32N6O6/c1-4-38-28(36)17-10-13-33(14-11-17)27(35)19-7-5-6-8-20(19)34-26(29-30-31-34)23-22-18(9-12-32(23)2)15-21-24(25(22)37-3)40-16-39-21/h5-8,15,17,23H,4,9-14,16H2,1-3H3. The predicted octanol–water partition coefficient (Wildman–Crippen LogP) is 2.39. The predicted molar refractivity (Wildman–Crippen MR) is 142 cm³/mol. The minimum Gasteiger partial charge on any atom is -0.492 e. The van der Waals surface area contributed by atoms with E-state index >= 15 is 0 Å². The molecular weight excluding hydrogens is 516 g/mol. The van der Waals surface area contributed by atoms with E-state index in [0.717, 1.165) is 24.1 Å². The summed E-state index contributed by atoms with van der Waals surface area (Å²) in [5.41, 5.74) is 3.07. The zero-order valence-electron chi connectivity index (χ0n) is 22.8. The Balaban J connectivity index is 1.35. The number of hydrogen-bond donors (Lipinski definition) is 0. The number of rotatable bonds is 6. The molecule has 3 aliphatic heterocycles. The maximum Gasteiger partial charge on any atom is 0.309 e. The Morgan fingerprint density at radius 3 is 2.70 bits per heavy atom. The van der Waals surface area contributed by atoms with Crippen molar-refractivity contribution in [3.63, 3.8) is 0 Å². The Morgan fingerprint density at radius 2 is 1.93 bits per heavy atom. The van der Waals surface area contributed by atoms with Gasteiger partial charge >= 0.3 is 5.97 Å². The van der Waals surface area contributed by atoms with Crippen molar-refractivity contribution in [2.24, 2.45) is 5.92 Å². The number of likely N-dealkylation sites (N-methyl/N-ethyl adjacent to an activating group) is 1. The molecule has 0 saturated carbocycles. The molecule has 0 N–H and O–H groups in total. The van der Waals surface area contributed by atoms with Crippen molar-refractivity contribution in [3.8, 4) is 22.9 Å². The quantitative estimate of drug-likeness (QED) is 0.425. The van der Waals surface area contributed by atoms with Crippen molar-refractivity contribution in [1.29, 1.82) is 0 Å². The molecule has 12 heteroatoms. The maximum absolute atomic E-state index is 13.8. The molecule has 0 bridgehead atoms. The number of aromatic nitrogens is 4. The Kier molecular flexibility index (Phi) is 7.01. The fourth-order valence-electron chi connectivity index (χ4n) is 5.88. The number of ether oxygens (including phenoxy) is 4. The van der Waals surface area contributed by atoms with E-state index in [0.29, 0.717) is 66.9 Å². The van der Waals surface area contributed by atoms with E-state index in [1.807, 2.05) is 31.3 Å². The van der Waals surface area contributed by atoms with E-state index in [4.69, 9.17) is 18.9 Å². The van der Waals surface area contributed by atoms with Crippen molar-refractivity contribution in [3.05, 3.63) is 52.8 Å². The molecule has 1 amide bonds. The summed E-state index contributed by atoms with van der Waals surface area (Å²) in [5, 5.41) is 12.8. The second kappa shape index (κ2) is 10.8. The summed E-state index contributed by atoms with van der Waals surface area (Å²) in [6.07, 6.45) is 1.94. The lowest BCUT2D eigenvalue weighted by Gasteiger charge is -2.35. The monoisotopic (exact) mass is 548 g/mol. The Bertz CT molecular complexity index is 1430. The van der Waals surface area contributed by atoms with Crippen molar-refractivity contribution < 1.29 is 28.5 Å².